The summed E-state index contributed by atoms with van der Waals surface area (Å²) < 4.78 is 1.67. The van der Waals surface area contributed by atoms with Crippen molar-refractivity contribution in [1.29, 1.82) is 0 Å². The molecule has 1 heterocycles. The molecule has 1 aromatic heterocycles. The number of tetrazole rings is 1. The van der Waals surface area contributed by atoms with Gasteiger partial charge in [-0.2, -0.15) is 0 Å². The molecule has 14 heavy (non-hydrogen) atoms. The van der Waals surface area contributed by atoms with Crippen molar-refractivity contribution in [2.24, 2.45) is 0 Å². The van der Waals surface area contributed by atoms with Crippen LogP contribution in [0, 0.1) is 0 Å². The van der Waals surface area contributed by atoms with E-state index in [1.807, 2.05) is 0 Å². The van der Waals surface area contributed by atoms with Crippen molar-refractivity contribution in [3.05, 3.63) is 0 Å². The van der Waals surface area contributed by atoms with Crippen LogP contribution in [0.2, 0.25) is 0 Å². The van der Waals surface area contributed by atoms with E-state index >= 15 is 0 Å². The Kier molecular flexibility index (Phi) is 5.59. The highest BCUT2D eigenvalue weighted by atomic mass is 35.5. The normalized spacial score (nSPS) is 11.1. The molecule has 0 saturated carbocycles. The maximum atomic E-state index is 5.60. The Labute approximate surface area is 98.4 Å². The van der Waals surface area contributed by atoms with Crippen LogP contribution >= 0.6 is 35.8 Å². The number of rotatable bonds is 6. The van der Waals surface area contributed by atoms with Crippen molar-refractivity contribution in [3.8, 4) is 0 Å². The molecule has 0 atom stereocenters. The van der Waals surface area contributed by atoms with Gasteiger partial charge in [-0.15, -0.1) is 40.9 Å². The first-order valence-electron chi connectivity index (χ1n) is 4.43. The summed E-state index contributed by atoms with van der Waals surface area (Å²) in [6.07, 6.45) is 3.95. The molecule has 0 fully saturated rings. The monoisotopic (exact) mass is 254 g/mol. The summed E-state index contributed by atoms with van der Waals surface area (Å²) >= 11 is 15.3. The van der Waals surface area contributed by atoms with Crippen molar-refractivity contribution < 1.29 is 0 Å². The lowest BCUT2D eigenvalue weighted by Gasteiger charge is -2.02. The number of unbranched alkanes of at least 4 members (excludes halogenated alkanes) is 2. The maximum absolute atomic E-state index is 5.60. The predicted octanol–water partition coefficient (Wildman–Crippen LogP) is 2.33. The minimum absolute atomic E-state index is 0.247. The first kappa shape index (κ1) is 12.1. The standard InChI is InChI=1S/C7H12Cl2N4S/c8-6(9)4-2-1-3-5-13-7(14)10-11-12-13/h6H,1-5H2,(H,10,12,14). The lowest BCUT2D eigenvalue weighted by molar-refractivity contribution is 0.498. The van der Waals surface area contributed by atoms with E-state index < -0.39 is 0 Å². The van der Waals surface area contributed by atoms with Crippen LogP contribution in [0.15, 0.2) is 5.16 Å². The van der Waals surface area contributed by atoms with E-state index in [1.54, 1.807) is 4.68 Å². The number of aromatic nitrogens is 4. The minimum Gasteiger partial charge on any atom is -0.221 e. The number of halogens is 2. The molecule has 0 saturated heterocycles. The highest BCUT2D eigenvalue weighted by Crippen LogP contribution is 2.12. The zero-order valence-electron chi connectivity index (χ0n) is 7.60. The molecule has 1 aromatic rings. The number of alkyl halides is 2. The molecule has 0 N–H and O–H groups in total. The Morgan fingerprint density at radius 1 is 1.29 bits per heavy atom. The van der Waals surface area contributed by atoms with Gasteiger partial charge in [-0.1, -0.05) is 12.8 Å². The van der Waals surface area contributed by atoms with Crippen LogP contribution in [0.5, 0.6) is 0 Å². The molecule has 0 aliphatic heterocycles. The molecular weight excluding hydrogens is 243 g/mol. The van der Waals surface area contributed by atoms with Crippen LogP contribution in [0.25, 0.3) is 0 Å². The van der Waals surface area contributed by atoms with E-state index in [2.05, 4.69) is 28.2 Å². The van der Waals surface area contributed by atoms with Crippen molar-refractivity contribution in [1.82, 2.24) is 20.2 Å². The van der Waals surface area contributed by atoms with Crippen molar-refractivity contribution in [2.75, 3.05) is 0 Å². The van der Waals surface area contributed by atoms with E-state index in [9.17, 15) is 0 Å². The lowest BCUT2D eigenvalue weighted by atomic mass is 10.2. The second kappa shape index (κ2) is 6.48. The highest BCUT2D eigenvalue weighted by Gasteiger charge is 2.01. The molecule has 0 radical (unpaired) electrons. The molecule has 0 aliphatic carbocycles. The predicted molar refractivity (Wildman–Crippen MR) is 59.0 cm³/mol. The van der Waals surface area contributed by atoms with Gasteiger partial charge in [-0.3, -0.25) is 0 Å². The Morgan fingerprint density at radius 3 is 2.64 bits per heavy atom. The van der Waals surface area contributed by atoms with Gasteiger partial charge in [0.25, 0.3) is 0 Å². The summed E-state index contributed by atoms with van der Waals surface area (Å²) in [5.41, 5.74) is 0. The Hall–Kier alpha value is -0.000000000000000111. The van der Waals surface area contributed by atoms with E-state index in [-0.39, 0.29) is 4.84 Å². The second-order valence-corrected chi connectivity index (χ2v) is 4.62. The first-order chi connectivity index (χ1) is 6.70. The topological polar surface area (TPSA) is 43.6 Å². The molecular formula is C7H12Cl2N4S. The van der Waals surface area contributed by atoms with Gasteiger partial charge >= 0.3 is 0 Å². The number of hydrogen-bond acceptors (Lipinski definition) is 4. The molecule has 0 aliphatic rings. The molecule has 1 rings (SSSR count). The van der Waals surface area contributed by atoms with Crippen molar-refractivity contribution in [3.63, 3.8) is 0 Å². The molecule has 0 bridgehead atoms. The summed E-state index contributed by atoms with van der Waals surface area (Å²) in [5.74, 6) is 0. The van der Waals surface area contributed by atoms with Crippen LogP contribution in [0.1, 0.15) is 25.7 Å². The van der Waals surface area contributed by atoms with Crippen molar-refractivity contribution >= 4 is 35.8 Å². The number of hydrogen-bond donors (Lipinski definition) is 1. The third kappa shape index (κ3) is 4.48. The van der Waals surface area contributed by atoms with Gasteiger partial charge in [0, 0.05) is 6.54 Å². The Bertz CT molecular complexity index is 266. The van der Waals surface area contributed by atoms with Gasteiger partial charge in [-0.05, 0) is 23.3 Å². The molecule has 80 valence electrons. The molecule has 0 aromatic carbocycles. The zero-order chi connectivity index (χ0) is 10.4. The summed E-state index contributed by atoms with van der Waals surface area (Å²) in [6.45, 7) is 0.793. The second-order valence-electron chi connectivity index (χ2n) is 2.94. The zero-order valence-corrected chi connectivity index (χ0v) is 10.0. The molecule has 0 unspecified atom stereocenters. The first-order valence-corrected chi connectivity index (χ1v) is 5.75. The number of nitrogens with zero attached hydrogens (tertiary/aromatic N) is 4. The van der Waals surface area contributed by atoms with E-state index in [0.29, 0.717) is 5.16 Å². The molecule has 4 nitrogen and oxygen atoms in total. The minimum atomic E-state index is -0.247. The number of aryl methyl sites for hydroxylation is 1. The molecule has 0 amide bonds. The Morgan fingerprint density at radius 2 is 2.07 bits per heavy atom. The third-order valence-corrected chi connectivity index (χ3v) is 2.56. The van der Waals surface area contributed by atoms with E-state index in [4.69, 9.17) is 23.2 Å². The van der Waals surface area contributed by atoms with Crippen LogP contribution in [-0.4, -0.2) is 25.0 Å². The SMILES string of the molecule is Sc1nnnn1CCCCCC(Cl)Cl. The largest absolute Gasteiger partial charge is 0.221 e. The smallest absolute Gasteiger partial charge is 0.206 e. The van der Waals surface area contributed by atoms with E-state index in [1.165, 1.54) is 0 Å². The van der Waals surface area contributed by atoms with Gasteiger partial charge < -0.3 is 0 Å². The van der Waals surface area contributed by atoms with Gasteiger partial charge in [-0.25, -0.2) is 4.68 Å². The van der Waals surface area contributed by atoms with Crippen LogP contribution in [0.3, 0.4) is 0 Å². The quantitative estimate of drug-likeness (QED) is 0.482. The van der Waals surface area contributed by atoms with Crippen molar-refractivity contribution in [2.45, 2.75) is 42.2 Å². The fourth-order valence-electron chi connectivity index (χ4n) is 1.08. The lowest BCUT2D eigenvalue weighted by Crippen LogP contribution is -2.01. The van der Waals surface area contributed by atoms with Crippen LogP contribution in [-0.2, 0) is 6.54 Å². The van der Waals surface area contributed by atoms with Gasteiger partial charge in [0.1, 0.15) is 4.84 Å². The van der Waals surface area contributed by atoms with Gasteiger partial charge in [0.05, 0.1) is 0 Å². The summed E-state index contributed by atoms with van der Waals surface area (Å²) in [4.78, 5) is -0.247. The van der Waals surface area contributed by atoms with Gasteiger partial charge in [0.2, 0.25) is 5.16 Å². The average Bonchev–Trinajstić information content (AvgIpc) is 2.51. The fraction of sp³-hybridized carbons (Fsp3) is 0.857. The number of thiol groups is 1. The molecule has 7 heteroatoms. The van der Waals surface area contributed by atoms with Crippen LogP contribution < -0.4 is 0 Å². The summed E-state index contributed by atoms with van der Waals surface area (Å²) in [6, 6.07) is 0. The maximum Gasteiger partial charge on any atom is 0.206 e. The Balaban J connectivity index is 2.08. The van der Waals surface area contributed by atoms with Gasteiger partial charge in [0.15, 0.2) is 0 Å². The third-order valence-electron chi connectivity index (χ3n) is 1.81. The fourth-order valence-corrected chi connectivity index (χ4v) is 1.57. The van der Waals surface area contributed by atoms with E-state index in [0.717, 1.165) is 32.2 Å². The molecule has 0 spiro atoms. The average molecular weight is 255 g/mol. The summed E-state index contributed by atoms with van der Waals surface area (Å²) in [7, 11) is 0. The highest BCUT2D eigenvalue weighted by molar-refractivity contribution is 7.80. The summed E-state index contributed by atoms with van der Waals surface area (Å²) in [5, 5.41) is 11.5. The van der Waals surface area contributed by atoms with Crippen LogP contribution in [0.4, 0.5) is 0 Å².